The van der Waals surface area contributed by atoms with Gasteiger partial charge in [0, 0.05) is 0 Å². The molecule has 1 aromatic carbocycles. The average molecular weight is 229 g/mol. The number of ether oxygens (including phenoxy) is 1. The quantitative estimate of drug-likeness (QED) is 0.819. The predicted octanol–water partition coefficient (Wildman–Crippen LogP) is 2.48. The Labute approximate surface area is 98.2 Å². The van der Waals surface area contributed by atoms with Crippen molar-refractivity contribution in [2.75, 3.05) is 12.8 Å². The van der Waals surface area contributed by atoms with E-state index in [9.17, 15) is 0 Å². The molecule has 1 heterocycles. The standard InChI is InChI=1S/C11H11N5O/c1-17-10-4-2-8(3-5-10)15-16-9-6-13-11(12)14-7-9/h2-7H,1H3,(H2,12,13,14). The van der Waals surface area contributed by atoms with Crippen molar-refractivity contribution < 1.29 is 4.74 Å². The Morgan fingerprint density at radius 1 is 1.00 bits per heavy atom. The van der Waals surface area contributed by atoms with Crippen LogP contribution in [0, 0.1) is 0 Å². The maximum Gasteiger partial charge on any atom is 0.220 e. The van der Waals surface area contributed by atoms with Crippen molar-refractivity contribution in [2.45, 2.75) is 0 Å². The third kappa shape index (κ3) is 2.97. The number of hydrogen-bond donors (Lipinski definition) is 1. The molecule has 17 heavy (non-hydrogen) atoms. The first kappa shape index (κ1) is 11.0. The van der Waals surface area contributed by atoms with Gasteiger partial charge in [-0.05, 0) is 24.3 Å². The summed E-state index contributed by atoms with van der Waals surface area (Å²) >= 11 is 0. The molecule has 2 N–H and O–H groups in total. The molecular formula is C11H11N5O. The van der Waals surface area contributed by atoms with E-state index in [2.05, 4.69) is 20.2 Å². The highest BCUT2D eigenvalue weighted by molar-refractivity contribution is 5.42. The molecule has 0 bridgehead atoms. The number of nitrogens with zero attached hydrogens (tertiary/aromatic N) is 4. The number of hydrogen-bond acceptors (Lipinski definition) is 6. The van der Waals surface area contributed by atoms with Crippen molar-refractivity contribution in [1.29, 1.82) is 0 Å². The maximum atomic E-state index is 5.36. The van der Waals surface area contributed by atoms with E-state index in [4.69, 9.17) is 10.5 Å². The van der Waals surface area contributed by atoms with Crippen molar-refractivity contribution in [3.05, 3.63) is 36.7 Å². The van der Waals surface area contributed by atoms with Crippen LogP contribution in [0.1, 0.15) is 0 Å². The van der Waals surface area contributed by atoms with Crippen molar-refractivity contribution in [3.63, 3.8) is 0 Å². The van der Waals surface area contributed by atoms with Crippen molar-refractivity contribution in [1.82, 2.24) is 9.97 Å². The van der Waals surface area contributed by atoms with Crippen LogP contribution < -0.4 is 10.5 Å². The molecule has 0 atom stereocenters. The van der Waals surface area contributed by atoms with Crippen molar-refractivity contribution in [3.8, 4) is 5.75 Å². The van der Waals surface area contributed by atoms with Gasteiger partial charge in [0.05, 0.1) is 25.2 Å². The maximum absolute atomic E-state index is 5.36. The third-order valence-corrected chi connectivity index (χ3v) is 2.01. The number of azo groups is 1. The Kier molecular flexibility index (Phi) is 3.25. The van der Waals surface area contributed by atoms with Gasteiger partial charge in [-0.1, -0.05) is 0 Å². The Morgan fingerprint density at radius 3 is 2.18 bits per heavy atom. The number of nitrogen functional groups attached to an aromatic ring is 1. The lowest BCUT2D eigenvalue weighted by molar-refractivity contribution is 0.415. The molecule has 0 aliphatic rings. The second kappa shape index (κ2) is 5.02. The van der Waals surface area contributed by atoms with E-state index >= 15 is 0 Å². The SMILES string of the molecule is COc1ccc(N=Nc2cnc(N)nc2)cc1. The first-order valence-electron chi connectivity index (χ1n) is 4.91. The summed E-state index contributed by atoms with van der Waals surface area (Å²) in [6.45, 7) is 0. The number of nitrogens with two attached hydrogens (primary N) is 1. The van der Waals surface area contributed by atoms with E-state index in [-0.39, 0.29) is 5.95 Å². The molecule has 6 nitrogen and oxygen atoms in total. The van der Waals surface area contributed by atoms with Gasteiger partial charge in [-0.2, -0.15) is 5.11 Å². The highest BCUT2D eigenvalue weighted by Gasteiger charge is 1.93. The third-order valence-electron chi connectivity index (χ3n) is 2.01. The largest absolute Gasteiger partial charge is 0.497 e. The van der Waals surface area contributed by atoms with Crippen LogP contribution in [0.25, 0.3) is 0 Å². The molecule has 0 radical (unpaired) electrons. The van der Waals surface area contributed by atoms with E-state index in [0.29, 0.717) is 5.69 Å². The fourth-order valence-corrected chi connectivity index (χ4v) is 1.15. The molecule has 0 amide bonds. The lowest BCUT2D eigenvalue weighted by Gasteiger charge is -1.98. The zero-order chi connectivity index (χ0) is 12.1. The first-order valence-corrected chi connectivity index (χ1v) is 4.91. The number of anilines is 1. The molecule has 0 fully saturated rings. The summed E-state index contributed by atoms with van der Waals surface area (Å²) in [5.41, 5.74) is 6.63. The minimum absolute atomic E-state index is 0.216. The first-order chi connectivity index (χ1) is 8.28. The van der Waals surface area contributed by atoms with E-state index in [1.807, 2.05) is 12.1 Å². The van der Waals surface area contributed by atoms with Crippen molar-refractivity contribution >= 4 is 17.3 Å². The topological polar surface area (TPSA) is 85.8 Å². The van der Waals surface area contributed by atoms with Crippen LogP contribution in [0.5, 0.6) is 5.75 Å². The lowest BCUT2D eigenvalue weighted by atomic mass is 10.3. The van der Waals surface area contributed by atoms with Gasteiger partial charge in [-0.25, -0.2) is 9.97 Å². The van der Waals surface area contributed by atoms with E-state index in [1.165, 1.54) is 12.4 Å². The molecule has 6 heteroatoms. The number of methoxy groups -OCH3 is 1. The van der Waals surface area contributed by atoms with Gasteiger partial charge >= 0.3 is 0 Å². The molecule has 2 aromatic rings. The zero-order valence-corrected chi connectivity index (χ0v) is 9.24. The molecule has 0 aliphatic heterocycles. The van der Waals surface area contributed by atoms with Gasteiger partial charge in [0.15, 0.2) is 0 Å². The normalized spacial score (nSPS) is 10.6. The Bertz CT molecular complexity index is 506. The van der Waals surface area contributed by atoms with Crippen LogP contribution in [0.15, 0.2) is 46.9 Å². The van der Waals surface area contributed by atoms with E-state index < -0.39 is 0 Å². The minimum atomic E-state index is 0.216. The van der Waals surface area contributed by atoms with Crippen LogP contribution in [0.4, 0.5) is 17.3 Å². The van der Waals surface area contributed by atoms with Crippen LogP contribution in [-0.4, -0.2) is 17.1 Å². The Hall–Kier alpha value is -2.50. The zero-order valence-electron chi connectivity index (χ0n) is 9.24. The molecule has 0 aliphatic carbocycles. The van der Waals surface area contributed by atoms with Crippen LogP contribution >= 0.6 is 0 Å². The van der Waals surface area contributed by atoms with E-state index in [1.54, 1.807) is 19.2 Å². The molecule has 0 unspecified atom stereocenters. The predicted molar refractivity (Wildman–Crippen MR) is 63.6 cm³/mol. The number of aromatic nitrogens is 2. The minimum Gasteiger partial charge on any atom is -0.497 e. The monoisotopic (exact) mass is 229 g/mol. The fourth-order valence-electron chi connectivity index (χ4n) is 1.15. The highest BCUT2D eigenvalue weighted by Crippen LogP contribution is 2.20. The second-order valence-corrected chi connectivity index (χ2v) is 3.20. The van der Waals surface area contributed by atoms with Gasteiger partial charge in [0.2, 0.25) is 5.95 Å². The molecule has 1 aromatic heterocycles. The number of rotatable bonds is 3. The average Bonchev–Trinajstić information content (AvgIpc) is 2.39. The van der Waals surface area contributed by atoms with Gasteiger partial charge in [-0.15, -0.1) is 5.11 Å². The summed E-state index contributed by atoms with van der Waals surface area (Å²) in [4.78, 5) is 7.62. The van der Waals surface area contributed by atoms with Gasteiger partial charge in [0.25, 0.3) is 0 Å². The second-order valence-electron chi connectivity index (χ2n) is 3.20. The van der Waals surface area contributed by atoms with Crippen molar-refractivity contribution in [2.24, 2.45) is 10.2 Å². The Balaban J connectivity index is 2.11. The van der Waals surface area contributed by atoms with Crippen LogP contribution in [0.2, 0.25) is 0 Å². The van der Waals surface area contributed by atoms with Crippen LogP contribution in [-0.2, 0) is 0 Å². The molecule has 0 saturated carbocycles. The Morgan fingerprint density at radius 2 is 1.59 bits per heavy atom. The van der Waals surface area contributed by atoms with Gasteiger partial charge in [-0.3, -0.25) is 0 Å². The summed E-state index contributed by atoms with van der Waals surface area (Å²) in [7, 11) is 1.61. The lowest BCUT2D eigenvalue weighted by Crippen LogP contribution is -1.91. The number of benzene rings is 1. The molecular weight excluding hydrogens is 218 g/mol. The van der Waals surface area contributed by atoms with Gasteiger partial charge < -0.3 is 10.5 Å². The van der Waals surface area contributed by atoms with Crippen LogP contribution in [0.3, 0.4) is 0 Å². The fraction of sp³-hybridized carbons (Fsp3) is 0.0909. The van der Waals surface area contributed by atoms with Gasteiger partial charge in [0.1, 0.15) is 11.4 Å². The summed E-state index contributed by atoms with van der Waals surface area (Å²) < 4.78 is 5.04. The molecule has 2 rings (SSSR count). The molecule has 0 saturated heterocycles. The summed E-state index contributed by atoms with van der Waals surface area (Å²) in [5, 5.41) is 8.01. The highest BCUT2D eigenvalue weighted by atomic mass is 16.5. The molecule has 86 valence electrons. The smallest absolute Gasteiger partial charge is 0.220 e. The van der Waals surface area contributed by atoms with E-state index in [0.717, 1.165) is 11.4 Å². The summed E-state index contributed by atoms with van der Waals surface area (Å²) in [5.74, 6) is 0.994. The summed E-state index contributed by atoms with van der Waals surface area (Å²) in [6, 6.07) is 7.24. The molecule has 0 spiro atoms. The summed E-state index contributed by atoms with van der Waals surface area (Å²) in [6.07, 6.45) is 3.02.